The van der Waals surface area contributed by atoms with E-state index in [1.807, 2.05) is 0 Å². The van der Waals surface area contributed by atoms with Gasteiger partial charge in [-0.15, -0.1) is 0 Å². The van der Waals surface area contributed by atoms with Crippen LogP contribution in [0.1, 0.15) is 24.2 Å². The van der Waals surface area contributed by atoms with Crippen molar-refractivity contribution in [2.24, 2.45) is 0 Å². The highest BCUT2D eigenvalue weighted by Crippen LogP contribution is 2.22. The molecule has 0 unspecified atom stereocenters. The predicted molar refractivity (Wildman–Crippen MR) is 103 cm³/mol. The van der Waals surface area contributed by atoms with Crippen LogP contribution in [0, 0.1) is 0 Å². The minimum Gasteiger partial charge on any atom is -0.342 e. The van der Waals surface area contributed by atoms with Crippen LogP contribution >= 0.6 is 0 Å². The number of nitrogens with one attached hydrogen (secondary N) is 3. The number of benzene rings is 2. The molecule has 28 heavy (non-hydrogen) atoms. The van der Waals surface area contributed by atoms with E-state index in [1.54, 1.807) is 30.3 Å². The molecular weight excluding hydrogens is 362 g/mol. The molecule has 0 spiro atoms. The predicted octanol–water partition coefficient (Wildman–Crippen LogP) is 2.91. The van der Waals surface area contributed by atoms with Gasteiger partial charge < -0.3 is 20.5 Å². The van der Waals surface area contributed by atoms with Gasteiger partial charge in [0.2, 0.25) is 24.0 Å². The first-order chi connectivity index (χ1) is 13.4. The SMILES string of the molecule is CC(=O)Nc1cc(NC(C)=O)cc(C(=O)Nc2ccc(-c3ncon3)cc2)c1. The maximum Gasteiger partial charge on any atom is 0.255 e. The Labute approximate surface area is 160 Å². The fourth-order valence-corrected chi connectivity index (χ4v) is 2.51. The third kappa shape index (κ3) is 4.79. The molecule has 0 saturated heterocycles. The van der Waals surface area contributed by atoms with Crippen molar-refractivity contribution < 1.29 is 18.9 Å². The summed E-state index contributed by atoms with van der Waals surface area (Å²) in [7, 11) is 0. The summed E-state index contributed by atoms with van der Waals surface area (Å²) in [5, 5.41) is 11.7. The molecule has 0 aliphatic carbocycles. The number of hydrogen-bond acceptors (Lipinski definition) is 6. The molecule has 9 nitrogen and oxygen atoms in total. The molecule has 3 N–H and O–H groups in total. The van der Waals surface area contributed by atoms with Crippen LogP contribution in [-0.4, -0.2) is 27.9 Å². The van der Waals surface area contributed by atoms with Crippen LogP contribution in [0.3, 0.4) is 0 Å². The average molecular weight is 379 g/mol. The summed E-state index contributed by atoms with van der Waals surface area (Å²) in [6.45, 7) is 2.71. The third-order valence-corrected chi connectivity index (χ3v) is 3.60. The van der Waals surface area contributed by atoms with Gasteiger partial charge in [-0.05, 0) is 42.5 Å². The van der Waals surface area contributed by atoms with E-state index >= 15 is 0 Å². The van der Waals surface area contributed by atoms with Gasteiger partial charge in [-0.25, -0.2) is 0 Å². The summed E-state index contributed by atoms with van der Waals surface area (Å²) >= 11 is 0. The Bertz CT molecular complexity index is 979. The summed E-state index contributed by atoms with van der Waals surface area (Å²) in [6.07, 6.45) is 1.24. The smallest absolute Gasteiger partial charge is 0.255 e. The Morgan fingerprint density at radius 2 is 1.43 bits per heavy atom. The van der Waals surface area contributed by atoms with Crippen LogP contribution in [0.4, 0.5) is 17.1 Å². The van der Waals surface area contributed by atoms with E-state index in [2.05, 4.69) is 26.1 Å². The summed E-state index contributed by atoms with van der Waals surface area (Å²) in [4.78, 5) is 39.2. The molecule has 0 bridgehead atoms. The highest BCUT2D eigenvalue weighted by Gasteiger charge is 2.11. The van der Waals surface area contributed by atoms with E-state index < -0.39 is 5.91 Å². The molecule has 0 aliphatic heterocycles. The van der Waals surface area contributed by atoms with E-state index in [0.29, 0.717) is 22.9 Å². The molecule has 142 valence electrons. The van der Waals surface area contributed by atoms with Gasteiger partial charge >= 0.3 is 0 Å². The topological polar surface area (TPSA) is 126 Å². The minimum atomic E-state index is -0.397. The van der Waals surface area contributed by atoms with Crippen molar-refractivity contribution in [1.29, 1.82) is 0 Å². The maximum atomic E-state index is 12.6. The minimum absolute atomic E-state index is 0.275. The fraction of sp³-hybridized carbons (Fsp3) is 0.105. The Kier molecular flexibility index (Phi) is 5.45. The molecule has 0 fully saturated rings. The highest BCUT2D eigenvalue weighted by atomic mass is 16.5. The van der Waals surface area contributed by atoms with Crippen molar-refractivity contribution in [1.82, 2.24) is 10.1 Å². The molecule has 3 aromatic rings. The molecule has 0 aliphatic rings. The molecule has 3 amide bonds. The second kappa shape index (κ2) is 8.12. The molecule has 2 aromatic carbocycles. The van der Waals surface area contributed by atoms with Crippen LogP contribution in [-0.2, 0) is 9.59 Å². The Hall–Kier alpha value is -4.01. The number of aromatic nitrogens is 2. The lowest BCUT2D eigenvalue weighted by molar-refractivity contribution is -0.115. The molecule has 0 atom stereocenters. The van der Waals surface area contributed by atoms with Crippen molar-refractivity contribution in [2.45, 2.75) is 13.8 Å². The number of rotatable bonds is 5. The number of amides is 3. The number of carbonyl (C=O) groups excluding carboxylic acids is 3. The van der Waals surface area contributed by atoms with E-state index in [-0.39, 0.29) is 17.4 Å². The molecule has 1 heterocycles. The van der Waals surface area contributed by atoms with Gasteiger partial charge in [-0.1, -0.05) is 5.16 Å². The van der Waals surface area contributed by atoms with E-state index in [4.69, 9.17) is 4.52 Å². The lowest BCUT2D eigenvalue weighted by Gasteiger charge is -2.11. The first kappa shape index (κ1) is 18.8. The van der Waals surface area contributed by atoms with Crippen LogP contribution in [0.25, 0.3) is 11.4 Å². The number of anilines is 3. The van der Waals surface area contributed by atoms with Crippen LogP contribution in [0.2, 0.25) is 0 Å². The summed E-state index contributed by atoms with van der Waals surface area (Å²) in [6, 6.07) is 11.5. The van der Waals surface area contributed by atoms with Gasteiger partial charge in [0.25, 0.3) is 5.91 Å². The number of hydrogen-bond donors (Lipinski definition) is 3. The first-order valence-corrected chi connectivity index (χ1v) is 8.29. The largest absolute Gasteiger partial charge is 0.342 e. The van der Waals surface area contributed by atoms with Gasteiger partial charge in [0, 0.05) is 42.0 Å². The van der Waals surface area contributed by atoms with E-state index in [1.165, 1.54) is 32.4 Å². The van der Waals surface area contributed by atoms with Gasteiger partial charge in [0.15, 0.2) is 0 Å². The standard InChI is InChI=1S/C19H17N5O4/c1-11(25)21-16-7-14(8-17(9-16)22-12(2)26)19(27)23-15-5-3-13(4-6-15)18-20-10-28-24-18/h3-10H,1-2H3,(H,21,25)(H,22,26)(H,23,27). The van der Waals surface area contributed by atoms with Crippen LogP contribution in [0.5, 0.6) is 0 Å². The Morgan fingerprint density at radius 1 is 0.821 bits per heavy atom. The summed E-state index contributed by atoms with van der Waals surface area (Å²) in [5.41, 5.74) is 2.38. The van der Waals surface area contributed by atoms with Crippen molar-refractivity contribution in [2.75, 3.05) is 16.0 Å². The molecule has 0 saturated carbocycles. The second-order valence-corrected chi connectivity index (χ2v) is 5.95. The van der Waals surface area contributed by atoms with Gasteiger partial charge in [0.1, 0.15) is 0 Å². The molecule has 0 radical (unpaired) electrons. The Morgan fingerprint density at radius 3 is 1.93 bits per heavy atom. The lowest BCUT2D eigenvalue weighted by atomic mass is 10.1. The van der Waals surface area contributed by atoms with Crippen molar-refractivity contribution in [3.8, 4) is 11.4 Å². The van der Waals surface area contributed by atoms with E-state index in [0.717, 1.165) is 5.56 Å². The van der Waals surface area contributed by atoms with Crippen LogP contribution < -0.4 is 16.0 Å². The van der Waals surface area contributed by atoms with Crippen LogP contribution in [0.15, 0.2) is 53.4 Å². The summed E-state index contributed by atoms with van der Waals surface area (Å²) in [5.74, 6) is -0.529. The zero-order valence-corrected chi connectivity index (χ0v) is 15.1. The molecule has 3 rings (SSSR count). The molecular formula is C19H17N5O4. The zero-order chi connectivity index (χ0) is 20.1. The third-order valence-electron chi connectivity index (χ3n) is 3.60. The monoisotopic (exact) mass is 379 g/mol. The molecule has 9 heteroatoms. The average Bonchev–Trinajstić information content (AvgIpc) is 3.15. The summed E-state index contributed by atoms with van der Waals surface area (Å²) < 4.78 is 4.71. The first-order valence-electron chi connectivity index (χ1n) is 8.29. The van der Waals surface area contributed by atoms with Crippen molar-refractivity contribution in [3.05, 3.63) is 54.4 Å². The highest BCUT2D eigenvalue weighted by molar-refractivity contribution is 6.06. The number of nitrogens with zero attached hydrogens (tertiary/aromatic N) is 2. The lowest BCUT2D eigenvalue weighted by Crippen LogP contribution is -2.15. The van der Waals surface area contributed by atoms with Gasteiger partial charge in [-0.2, -0.15) is 4.98 Å². The Balaban J connectivity index is 1.80. The van der Waals surface area contributed by atoms with Gasteiger partial charge in [-0.3, -0.25) is 14.4 Å². The number of carbonyl (C=O) groups is 3. The normalized spacial score (nSPS) is 10.2. The zero-order valence-electron chi connectivity index (χ0n) is 15.1. The second-order valence-electron chi connectivity index (χ2n) is 5.95. The maximum absolute atomic E-state index is 12.6. The molecule has 1 aromatic heterocycles. The van der Waals surface area contributed by atoms with Gasteiger partial charge in [0.05, 0.1) is 0 Å². The quantitative estimate of drug-likeness (QED) is 0.626. The van der Waals surface area contributed by atoms with Crippen molar-refractivity contribution >= 4 is 34.8 Å². The van der Waals surface area contributed by atoms with E-state index in [9.17, 15) is 14.4 Å². The van der Waals surface area contributed by atoms with Crippen molar-refractivity contribution in [3.63, 3.8) is 0 Å². The fourth-order valence-electron chi connectivity index (χ4n) is 2.51.